The van der Waals surface area contributed by atoms with E-state index in [-0.39, 0.29) is 46.5 Å². The molecule has 0 aliphatic heterocycles. The maximum atomic E-state index is 2.36. The molecule has 0 N–H and O–H groups in total. The van der Waals surface area contributed by atoms with Crippen molar-refractivity contribution in [2.75, 3.05) is 0 Å². The molecule has 0 radical (unpaired) electrons. The van der Waals surface area contributed by atoms with Gasteiger partial charge in [0.2, 0.25) is 0 Å². The Morgan fingerprint density at radius 1 is 0.540 bits per heavy atom. The molecule has 0 bridgehead atoms. The first-order chi connectivity index (χ1) is 22.3. The van der Waals surface area contributed by atoms with Gasteiger partial charge in [0.25, 0.3) is 0 Å². The second kappa shape index (κ2) is 17.5. The smallest absolute Gasteiger partial charge is 0.0132 e. The Labute approximate surface area is 331 Å². The minimum absolute atomic E-state index is 0. The molecular formula is C46H56Cl2SiZr-2. The third-order valence-corrected chi connectivity index (χ3v) is 8.99. The number of aryl methyl sites for hydroxylation is 2. The van der Waals surface area contributed by atoms with E-state index in [2.05, 4.69) is 192 Å². The standard InChI is InChI=1S/C23H27.C21H23.C2H6Si.2ClH.Zr/c1-22(2,3)18-12-10-16(11-13-18)20-9-7-8-17-14-19(15-21(17)20)23(4,5)6;1-14-12-19-15(2)6-11-18(20(19)13-14)16-7-9-17(10-8-16)21(3,4)5;1-3-2;;;/h7-15H,1-6H3;6-13H,1-5H3;1-2H3;2*1H;/q2*-1;;;;+2/p-2. The van der Waals surface area contributed by atoms with Crippen LogP contribution in [-0.4, -0.2) is 5.43 Å². The SMILES string of the molecule is CC(C)(C)c1ccc(-c2cccc3[cH-]c(C(C)(C)C)cc23)cc1.C[Si](C)=[Zr+2].Cc1cc2c(-c3ccc(C(C)(C)C)cc3)ccc(C)c2[cH-]1.[Cl-].[Cl-]. The quantitative estimate of drug-likeness (QED) is 0.124. The van der Waals surface area contributed by atoms with Gasteiger partial charge in [-0.2, -0.15) is 12.1 Å². The normalized spacial score (nSPS) is 11.5. The van der Waals surface area contributed by atoms with Crippen molar-refractivity contribution in [3.05, 3.63) is 131 Å². The summed E-state index contributed by atoms with van der Waals surface area (Å²) in [6.07, 6.45) is 0. The summed E-state index contributed by atoms with van der Waals surface area (Å²) >= 11 is 1.74. The van der Waals surface area contributed by atoms with Gasteiger partial charge in [-0.1, -0.05) is 148 Å². The molecule has 0 atom stereocenters. The van der Waals surface area contributed by atoms with Crippen LogP contribution < -0.4 is 24.8 Å². The summed E-state index contributed by atoms with van der Waals surface area (Å²) in [5.74, 6) is 0. The van der Waals surface area contributed by atoms with E-state index < -0.39 is 0 Å². The summed E-state index contributed by atoms with van der Waals surface area (Å²) in [5.41, 5.74) is 12.9. The molecule has 0 aromatic heterocycles. The fraction of sp³-hybridized carbons (Fsp3) is 0.348. The van der Waals surface area contributed by atoms with Crippen LogP contribution >= 0.6 is 0 Å². The third-order valence-electron chi connectivity index (χ3n) is 8.99. The van der Waals surface area contributed by atoms with E-state index in [1.54, 1.807) is 23.3 Å². The largest absolute Gasteiger partial charge is 1.00 e. The van der Waals surface area contributed by atoms with E-state index in [0.29, 0.717) is 0 Å². The molecule has 6 rings (SSSR count). The van der Waals surface area contributed by atoms with Gasteiger partial charge in [-0.25, -0.2) is 0 Å². The number of hydrogen-bond donors (Lipinski definition) is 0. The van der Waals surface area contributed by atoms with Gasteiger partial charge in [-0.15, -0.1) is 68.6 Å². The van der Waals surface area contributed by atoms with E-state index in [4.69, 9.17) is 0 Å². The van der Waals surface area contributed by atoms with Gasteiger partial charge in [-0.3, -0.25) is 0 Å². The summed E-state index contributed by atoms with van der Waals surface area (Å²) < 4.78 is 0. The zero-order chi connectivity index (χ0) is 35.6. The van der Waals surface area contributed by atoms with Crippen molar-refractivity contribution in [1.82, 2.24) is 0 Å². The minimum Gasteiger partial charge on any atom is -1.00 e. The molecule has 50 heavy (non-hydrogen) atoms. The van der Waals surface area contributed by atoms with Crippen molar-refractivity contribution >= 4 is 27.0 Å². The first-order valence-electron chi connectivity index (χ1n) is 17.4. The molecule has 0 saturated heterocycles. The van der Waals surface area contributed by atoms with Crippen LogP contribution in [0.3, 0.4) is 0 Å². The van der Waals surface area contributed by atoms with Crippen molar-refractivity contribution < 1.29 is 48.1 Å². The van der Waals surface area contributed by atoms with E-state index in [1.807, 2.05) is 0 Å². The first kappa shape index (κ1) is 43.9. The van der Waals surface area contributed by atoms with E-state index in [0.717, 1.165) is 0 Å². The molecule has 6 aromatic rings. The molecule has 0 spiro atoms. The Kier molecular flexibility index (Phi) is 15.4. The summed E-state index contributed by atoms with van der Waals surface area (Å²) in [6, 6.07) is 38.5. The van der Waals surface area contributed by atoms with Crippen LogP contribution in [0.5, 0.6) is 0 Å². The van der Waals surface area contributed by atoms with Gasteiger partial charge in [0.1, 0.15) is 0 Å². The average Bonchev–Trinajstić information content (AvgIpc) is 3.61. The maximum absolute atomic E-state index is 2.36. The molecular weight excluding hydrogens is 743 g/mol. The van der Waals surface area contributed by atoms with Crippen LogP contribution in [0.4, 0.5) is 0 Å². The molecule has 0 aliphatic carbocycles. The molecule has 0 amide bonds. The molecule has 0 heterocycles. The van der Waals surface area contributed by atoms with Crippen molar-refractivity contribution in [3.63, 3.8) is 0 Å². The first-order valence-corrected chi connectivity index (χ1v) is 23.5. The summed E-state index contributed by atoms with van der Waals surface area (Å²) in [7, 11) is 0. The molecule has 0 aliphatic rings. The summed E-state index contributed by atoms with van der Waals surface area (Å²) in [6.45, 7) is 29.4. The molecule has 4 heteroatoms. The minimum atomic E-state index is 0. The molecule has 6 aromatic carbocycles. The Morgan fingerprint density at radius 2 is 1.00 bits per heavy atom. The van der Waals surface area contributed by atoms with Crippen LogP contribution in [-0.2, 0) is 39.6 Å². The van der Waals surface area contributed by atoms with Crippen molar-refractivity contribution in [1.29, 1.82) is 0 Å². The van der Waals surface area contributed by atoms with Gasteiger partial charge >= 0.3 is 41.9 Å². The van der Waals surface area contributed by atoms with Gasteiger partial charge in [0.05, 0.1) is 0 Å². The van der Waals surface area contributed by atoms with Crippen molar-refractivity contribution in [3.8, 4) is 22.3 Å². The number of benzene rings is 4. The Morgan fingerprint density at radius 3 is 1.44 bits per heavy atom. The van der Waals surface area contributed by atoms with Crippen LogP contribution in [0, 0.1) is 13.8 Å². The van der Waals surface area contributed by atoms with E-state index in [9.17, 15) is 0 Å². The van der Waals surface area contributed by atoms with Gasteiger partial charge < -0.3 is 24.8 Å². The van der Waals surface area contributed by atoms with E-state index in [1.165, 1.54) is 71.6 Å². The third kappa shape index (κ3) is 11.1. The number of hydrogen-bond acceptors (Lipinski definition) is 0. The Bertz CT molecular complexity index is 2000. The van der Waals surface area contributed by atoms with Crippen molar-refractivity contribution in [2.24, 2.45) is 0 Å². The summed E-state index contributed by atoms with van der Waals surface area (Å²) in [4.78, 5) is 0. The van der Waals surface area contributed by atoms with Crippen LogP contribution in [0.15, 0.2) is 103 Å². The topological polar surface area (TPSA) is 0 Å². The number of fused-ring (bicyclic) bond motifs is 2. The van der Waals surface area contributed by atoms with E-state index >= 15 is 0 Å². The van der Waals surface area contributed by atoms with Gasteiger partial charge in [-0.05, 0) is 38.5 Å². The second-order valence-electron chi connectivity index (χ2n) is 16.7. The van der Waals surface area contributed by atoms with Crippen LogP contribution in [0.2, 0.25) is 13.1 Å². The second-order valence-corrected chi connectivity index (χ2v) is 26.1. The predicted molar refractivity (Wildman–Crippen MR) is 213 cm³/mol. The molecule has 0 nitrogen and oxygen atoms in total. The predicted octanol–water partition coefficient (Wildman–Crippen LogP) is 7.75. The zero-order valence-electron chi connectivity index (χ0n) is 32.6. The Balaban J connectivity index is 0.000000303. The fourth-order valence-electron chi connectivity index (χ4n) is 6.06. The average molecular weight is 799 g/mol. The number of halogens is 2. The summed E-state index contributed by atoms with van der Waals surface area (Å²) in [5, 5.41) is 5.45. The fourth-order valence-corrected chi connectivity index (χ4v) is 6.06. The molecule has 264 valence electrons. The molecule has 0 unspecified atom stereocenters. The monoisotopic (exact) mass is 796 g/mol. The van der Waals surface area contributed by atoms with Gasteiger partial charge in [0.15, 0.2) is 0 Å². The molecule has 0 saturated carbocycles. The molecule has 0 fully saturated rings. The van der Waals surface area contributed by atoms with Crippen LogP contribution in [0.25, 0.3) is 43.8 Å². The Hall–Kier alpha value is -2.22. The maximum Gasteiger partial charge on any atom is -0.0132 e. The van der Waals surface area contributed by atoms with Crippen LogP contribution in [0.1, 0.15) is 90.1 Å². The van der Waals surface area contributed by atoms with Gasteiger partial charge in [0, 0.05) is 0 Å². The van der Waals surface area contributed by atoms with Crippen molar-refractivity contribution in [2.45, 2.75) is 106 Å². The zero-order valence-corrected chi connectivity index (χ0v) is 37.5. The number of rotatable bonds is 2.